The molecule has 1 N–H and O–H groups in total. The van der Waals surface area contributed by atoms with Crippen LogP contribution in [0.5, 0.6) is 11.5 Å². The highest BCUT2D eigenvalue weighted by Crippen LogP contribution is 2.44. The van der Waals surface area contributed by atoms with Crippen molar-refractivity contribution >= 4 is 23.1 Å². The topological polar surface area (TPSA) is 89.2 Å². The minimum atomic E-state index is -1.31. The predicted octanol–water partition coefficient (Wildman–Crippen LogP) is 4.51. The number of carbonyl (C=O) groups excluding carboxylic acids is 2. The van der Waals surface area contributed by atoms with Gasteiger partial charge in [-0.15, -0.1) is 0 Å². The average Bonchev–Trinajstić information content (AvgIpc) is 3.34. The average molecular weight is 455 g/mol. The maximum absolute atomic E-state index is 14.7. The molecule has 0 spiro atoms. The molecule has 3 aromatic rings. The lowest BCUT2D eigenvalue weighted by molar-refractivity contribution is -0.132. The second-order valence-corrected chi connectivity index (χ2v) is 7.28. The highest BCUT2D eigenvalue weighted by atomic mass is 19.1. The minimum Gasteiger partial charge on any atom is -0.507 e. The summed E-state index contributed by atoms with van der Waals surface area (Å²) in [5.41, 5.74) is -0.596. The monoisotopic (exact) mass is 455 g/mol. The maximum atomic E-state index is 14.7. The Bertz CT molecular complexity index is 1300. The number of ketones is 1. The lowest BCUT2D eigenvalue weighted by atomic mass is 9.98. The van der Waals surface area contributed by atoms with Gasteiger partial charge in [0.1, 0.15) is 46.5 Å². The van der Waals surface area contributed by atoms with Crippen molar-refractivity contribution in [1.29, 1.82) is 0 Å². The van der Waals surface area contributed by atoms with E-state index in [1.165, 1.54) is 32.4 Å². The van der Waals surface area contributed by atoms with Gasteiger partial charge in [-0.05, 0) is 49.4 Å². The number of anilines is 1. The van der Waals surface area contributed by atoms with Crippen LogP contribution in [-0.2, 0) is 9.59 Å². The number of hydrogen-bond acceptors (Lipinski definition) is 6. The Kier molecular flexibility index (Phi) is 5.63. The standard InChI is InChI=1S/C24H19F2NO6/c1-12-4-8-19(33-12)21-20(22(28)15-11-14(31-2)6-9-18(15)32-3)23(29)24(30)27(21)17-7-5-13(25)10-16(17)26/h4-11,21,28H,1-3H3/b22-20-. The molecule has 0 aliphatic carbocycles. The third kappa shape index (κ3) is 3.71. The Morgan fingerprint density at radius 1 is 1.03 bits per heavy atom. The van der Waals surface area contributed by atoms with Crippen LogP contribution in [0.25, 0.3) is 5.76 Å². The van der Waals surface area contributed by atoms with E-state index in [0.29, 0.717) is 17.6 Å². The molecular formula is C24H19F2NO6. The first-order chi connectivity index (χ1) is 15.8. The summed E-state index contributed by atoms with van der Waals surface area (Å²) in [5.74, 6) is -3.49. The van der Waals surface area contributed by atoms with Gasteiger partial charge in [0, 0.05) is 6.07 Å². The lowest BCUT2D eigenvalue weighted by Crippen LogP contribution is -2.30. The molecule has 2 aromatic carbocycles. The molecule has 1 aliphatic heterocycles. The fourth-order valence-electron chi connectivity index (χ4n) is 3.77. The van der Waals surface area contributed by atoms with Crippen molar-refractivity contribution in [2.75, 3.05) is 19.1 Å². The number of methoxy groups -OCH3 is 2. The minimum absolute atomic E-state index is 0.0858. The number of aliphatic hydroxyl groups is 1. The zero-order valence-corrected chi connectivity index (χ0v) is 17.9. The molecule has 1 saturated heterocycles. The first kappa shape index (κ1) is 22.1. The Morgan fingerprint density at radius 3 is 2.39 bits per heavy atom. The maximum Gasteiger partial charge on any atom is 0.300 e. The molecule has 170 valence electrons. The van der Waals surface area contributed by atoms with Crippen molar-refractivity contribution in [3.05, 3.63) is 82.8 Å². The zero-order chi connectivity index (χ0) is 23.9. The van der Waals surface area contributed by atoms with E-state index in [-0.39, 0.29) is 28.3 Å². The van der Waals surface area contributed by atoms with Gasteiger partial charge in [-0.1, -0.05) is 0 Å². The smallest absolute Gasteiger partial charge is 0.300 e. The summed E-state index contributed by atoms with van der Waals surface area (Å²) in [4.78, 5) is 27.0. The number of aryl methyl sites for hydroxylation is 1. The van der Waals surface area contributed by atoms with Crippen molar-refractivity contribution < 1.29 is 37.4 Å². The molecule has 1 atom stereocenters. The molecule has 0 radical (unpaired) electrons. The summed E-state index contributed by atoms with van der Waals surface area (Å²) in [6, 6.07) is 8.96. The van der Waals surface area contributed by atoms with Crippen LogP contribution in [0.4, 0.5) is 14.5 Å². The number of nitrogens with zero attached hydrogens (tertiary/aromatic N) is 1. The number of hydrogen-bond donors (Lipinski definition) is 1. The molecule has 0 bridgehead atoms. The summed E-state index contributed by atoms with van der Waals surface area (Å²) in [6.07, 6.45) is 0. The van der Waals surface area contributed by atoms with Crippen LogP contribution in [0.3, 0.4) is 0 Å². The normalized spacial score (nSPS) is 17.5. The number of furan rings is 1. The van der Waals surface area contributed by atoms with Crippen LogP contribution in [0.15, 0.2) is 58.5 Å². The van der Waals surface area contributed by atoms with Crippen molar-refractivity contribution in [2.45, 2.75) is 13.0 Å². The second kappa shape index (κ2) is 8.42. The van der Waals surface area contributed by atoms with Crippen LogP contribution in [0.2, 0.25) is 0 Å². The first-order valence-electron chi connectivity index (χ1n) is 9.81. The number of amides is 1. The molecular weight excluding hydrogens is 436 g/mol. The van der Waals surface area contributed by atoms with E-state index in [9.17, 15) is 23.5 Å². The number of aliphatic hydroxyl groups excluding tert-OH is 1. The molecule has 1 aliphatic rings. The molecule has 0 saturated carbocycles. The van der Waals surface area contributed by atoms with E-state index in [1.807, 2.05) is 0 Å². The molecule has 1 amide bonds. The van der Waals surface area contributed by atoms with E-state index < -0.39 is 35.1 Å². The molecule has 1 unspecified atom stereocenters. The number of ether oxygens (including phenoxy) is 2. The number of halogens is 2. The summed E-state index contributed by atoms with van der Waals surface area (Å²) in [7, 11) is 2.80. The van der Waals surface area contributed by atoms with Crippen LogP contribution in [-0.4, -0.2) is 31.0 Å². The van der Waals surface area contributed by atoms with Crippen molar-refractivity contribution in [3.8, 4) is 11.5 Å². The summed E-state index contributed by atoms with van der Waals surface area (Å²) in [6.45, 7) is 1.65. The van der Waals surface area contributed by atoms with Gasteiger partial charge in [-0.2, -0.15) is 0 Å². The molecule has 2 heterocycles. The predicted molar refractivity (Wildman–Crippen MR) is 114 cm³/mol. The van der Waals surface area contributed by atoms with Gasteiger partial charge in [0.05, 0.1) is 31.0 Å². The second-order valence-electron chi connectivity index (χ2n) is 7.28. The SMILES string of the molecule is COc1ccc(OC)c(/C(O)=C2/C(=O)C(=O)N(c3ccc(F)cc3F)C2c2ccc(C)o2)c1. The molecule has 33 heavy (non-hydrogen) atoms. The molecule has 7 nitrogen and oxygen atoms in total. The highest BCUT2D eigenvalue weighted by Gasteiger charge is 2.49. The lowest BCUT2D eigenvalue weighted by Gasteiger charge is -2.24. The van der Waals surface area contributed by atoms with E-state index in [0.717, 1.165) is 17.0 Å². The number of carbonyl (C=O) groups is 2. The van der Waals surface area contributed by atoms with Gasteiger partial charge in [0.15, 0.2) is 0 Å². The molecule has 1 fully saturated rings. The van der Waals surface area contributed by atoms with Crippen LogP contribution in [0.1, 0.15) is 23.1 Å². The van der Waals surface area contributed by atoms with Crippen LogP contribution < -0.4 is 14.4 Å². The van der Waals surface area contributed by atoms with Gasteiger partial charge in [0.25, 0.3) is 11.7 Å². The third-order valence-corrected chi connectivity index (χ3v) is 5.31. The van der Waals surface area contributed by atoms with Gasteiger partial charge in [0.2, 0.25) is 0 Å². The Morgan fingerprint density at radius 2 is 1.79 bits per heavy atom. The van der Waals surface area contributed by atoms with Gasteiger partial charge >= 0.3 is 0 Å². The third-order valence-electron chi connectivity index (χ3n) is 5.31. The number of benzene rings is 2. The Hall–Kier alpha value is -4.14. The molecule has 9 heteroatoms. The van der Waals surface area contributed by atoms with E-state index >= 15 is 0 Å². The zero-order valence-electron chi connectivity index (χ0n) is 17.9. The highest BCUT2D eigenvalue weighted by molar-refractivity contribution is 6.51. The van der Waals surface area contributed by atoms with Crippen molar-refractivity contribution in [2.24, 2.45) is 0 Å². The van der Waals surface area contributed by atoms with Crippen LogP contribution >= 0.6 is 0 Å². The van der Waals surface area contributed by atoms with Crippen molar-refractivity contribution in [1.82, 2.24) is 0 Å². The first-order valence-corrected chi connectivity index (χ1v) is 9.81. The van der Waals surface area contributed by atoms with Gasteiger partial charge in [-0.25, -0.2) is 8.78 Å². The largest absolute Gasteiger partial charge is 0.507 e. The van der Waals surface area contributed by atoms with E-state index in [4.69, 9.17) is 13.9 Å². The molecule has 4 rings (SSSR count). The van der Waals surface area contributed by atoms with Crippen LogP contribution in [0, 0.1) is 18.6 Å². The van der Waals surface area contributed by atoms with E-state index in [1.54, 1.807) is 19.1 Å². The quantitative estimate of drug-likeness (QED) is 0.346. The van der Waals surface area contributed by atoms with E-state index in [2.05, 4.69) is 0 Å². The molecule has 1 aromatic heterocycles. The Balaban J connectivity index is 1.99. The fraction of sp³-hybridized carbons (Fsp3) is 0.167. The van der Waals surface area contributed by atoms with Gasteiger partial charge < -0.3 is 19.0 Å². The van der Waals surface area contributed by atoms with Crippen molar-refractivity contribution in [3.63, 3.8) is 0 Å². The van der Waals surface area contributed by atoms with Gasteiger partial charge in [-0.3, -0.25) is 14.5 Å². The Labute approximate surface area is 187 Å². The number of rotatable bonds is 5. The summed E-state index contributed by atoms with van der Waals surface area (Å²) in [5, 5.41) is 11.2. The fourth-order valence-corrected chi connectivity index (χ4v) is 3.77. The number of Topliss-reactive ketones (excluding diaryl/α,β-unsaturated/α-hetero) is 1. The summed E-state index contributed by atoms with van der Waals surface area (Å²) < 4.78 is 44.3. The summed E-state index contributed by atoms with van der Waals surface area (Å²) >= 11 is 0.